The Bertz CT molecular complexity index is 1050. The molecule has 24 heavy (non-hydrogen) atoms. The number of benzene rings is 2. The van der Waals surface area contributed by atoms with Crippen LogP contribution in [0.15, 0.2) is 59.1 Å². The summed E-state index contributed by atoms with van der Waals surface area (Å²) < 4.78 is 8.18. The van der Waals surface area contributed by atoms with Crippen molar-refractivity contribution in [2.24, 2.45) is 0 Å². The first-order valence-electron chi connectivity index (χ1n) is 7.51. The van der Waals surface area contributed by atoms with Crippen molar-refractivity contribution in [2.45, 2.75) is 6.54 Å². The molecule has 2 heterocycles. The van der Waals surface area contributed by atoms with Crippen molar-refractivity contribution in [1.29, 1.82) is 0 Å². The molecule has 5 heteroatoms. The van der Waals surface area contributed by atoms with Gasteiger partial charge in [0.05, 0.1) is 12.6 Å². The van der Waals surface area contributed by atoms with Crippen LogP contribution in [-0.4, -0.2) is 17.6 Å². The lowest BCUT2D eigenvalue weighted by molar-refractivity contribution is 0.0606. The number of methoxy groups -OCH3 is 1. The molecule has 0 aliphatic rings. The van der Waals surface area contributed by atoms with E-state index in [2.05, 4.69) is 50.8 Å². The lowest BCUT2D eigenvalue weighted by atomic mass is 10.2. The molecule has 120 valence electrons. The number of thiophene rings is 1. The number of esters is 1. The average Bonchev–Trinajstić information content (AvgIpc) is 3.15. The Kier molecular flexibility index (Phi) is 3.90. The van der Waals surface area contributed by atoms with Crippen molar-refractivity contribution >= 4 is 54.4 Å². The molecule has 0 saturated heterocycles. The number of carbonyl (C=O) groups excluding carboxylic acids is 1. The number of carbonyl (C=O) groups is 1. The van der Waals surface area contributed by atoms with Crippen LogP contribution in [0.3, 0.4) is 0 Å². The summed E-state index contributed by atoms with van der Waals surface area (Å²) in [6.45, 7) is 0.767. The molecule has 0 unspecified atom stereocenters. The number of halogens is 1. The molecule has 0 amide bonds. The number of hydrogen-bond acceptors (Lipinski definition) is 3. The van der Waals surface area contributed by atoms with Gasteiger partial charge in [0.25, 0.3) is 0 Å². The van der Waals surface area contributed by atoms with Gasteiger partial charge in [0, 0.05) is 21.8 Å². The molecule has 2 aromatic heterocycles. The smallest absolute Gasteiger partial charge is 0.348 e. The van der Waals surface area contributed by atoms with E-state index in [1.807, 2.05) is 24.3 Å². The maximum absolute atomic E-state index is 11.9. The summed E-state index contributed by atoms with van der Waals surface area (Å²) in [5.74, 6) is -0.286. The van der Waals surface area contributed by atoms with E-state index in [1.54, 1.807) is 0 Å². The Balaban J connectivity index is 1.97. The van der Waals surface area contributed by atoms with Gasteiger partial charge in [-0.2, -0.15) is 0 Å². The SMILES string of the molecule is COC(=O)c1cc2c3cc(Br)ccc3n(Cc3ccccc3)c2s1. The maximum Gasteiger partial charge on any atom is 0.348 e. The van der Waals surface area contributed by atoms with Crippen molar-refractivity contribution in [1.82, 2.24) is 4.57 Å². The van der Waals surface area contributed by atoms with Crippen LogP contribution >= 0.6 is 27.3 Å². The molecule has 3 nitrogen and oxygen atoms in total. The van der Waals surface area contributed by atoms with E-state index in [-0.39, 0.29) is 5.97 Å². The number of ether oxygens (including phenoxy) is 1. The Morgan fingerprint density at radius 2 is 1.92 bits per heavy atom. The lowest BCUT2D eigenvalue weighted by Gasteiger charge is -2.07. The van der Waals surface area contributed by atoms with Crippen molar-refractivity contribution in [3.63, 3.8) is 0 Å². The first kappa shape index (κ1) is 15.4. The summed E-state index contributed by atoms with van der Waals surface area (Å²) in [7, 11) is 1.42. The van der Waals surface area contributed by atoms with Crippen molar-refractivity contribution in [3.8, 4) is 0 Å². The van der Waals surface area contributed by atoms with Crippen LogP contribution < -0.4 is 0 Å². The van der Waals surface area contributed by atoms with Gasteiger partial charge in [0.15, 0.2) is 0 Å². The van der Waals surface area contributed by atoms with Gasteiger partial charge in [0.2, 0.25) is 0 Å². The fourth-order valence-corrected chi connectivity index (χ4v) is 4.43. The molecule has 0 radical (unpaired) electrons. The van der Waals surface area contributed by atoms with Crippen molar-refractivity contribution < 1.29 is 9.53 Å². The second-order valence-electron chi connectivity index (χ2n) is 5.55. The van der Waals surface area contributed by atoms with Gasteiger partial charge < -0.3 is 9.30 Å². The number of aromatic nitrogens is 1. The molecule has 0 spiro atoms. The normalized spacial score (nSPS) is 11.2. The number of fused-ring (bicyclic) bond motifs is 3. The Morgan fingerprint density at radius 1 is 1.12 bits per heavy atom. The zero-order valence-corrected chi connectivity index (χ0v) is 15.4. The summed E-state index contributed by atoms with van der Waals surface area (Å²) in [6, 6.07) is 18.5. The molecule has 0 saturated carbocycles. The van der Waals surface area contributed by atoms with Gasteiger partial charge in [-0.25, -0.2) is 4.79 Å². The molecule has 4 aromatic rings. The zero-order valence-electron chi connectivity index (χ0n) is 13.0. The van der Waals surface area contributed by atoms with E-state index in [4.69, 9.17) is 4.74 Å². The van der Waals surface area contributed by atoms with Crippen LogP contribution in [0.25, 0.3) is 21.1 Å². The standard InChI is InChI=1S/C19H14BrNO2S/c1-23-19(22)17-10-15-14-9-13(20)7-8-16(14)21(18(15)24-17)11-12-5-3-2-4-6-12/h2-10H,11H2,1H3. The van der Waals surface area contributed by atoms with E-state index >= 15 is 0 Å². The summed E-state index contributed by atoms with van der Waals surface area (Å²) in [5.41, 5.74) is 2.40. The highest BCUT2D eigenvalue weighted by Crippen LogP contribution is 2.37. The third-order valence-corrected chi connectivity index (χ3v) is 5.70. The highest BCUT2D eigenvalue weighted by Gasteiger charge is 2.18. The van der Waals surface area contributed by atoms with Gasteiger partial charge in [-0.15, -0.1) is 11.3 Å². The van der Waals surface area contributed by atoms with Gasteiger partial charge in [-0.1, -0.05) is 46.3 Å². The molecule has 4 rings (SSSR count). The minimum Gasteiger partial charge on any atom is -0.465 e. The van der Waals surface area contributed by atoms with Crippen LogP contribution in [0, 0.1) is 0 Å². The molecule has 0 fully saturated rings. The lowest BCUT2D eigenvalue weighted by Crippen LogP contribution is -1.99. The zero-order chi connectivity index (χ0) is 16.7. The van der Waals surface area contributed by atoms with Gasteiger partial charge in [-0.05, 0) is 29.8 Å². The Morgan fingerprint density at radius 3 is 2.67 bits per heavy atom. The van der Waals surface area contributed by atoms with E-state index in [0.29, 0.717) is 4.88 Å². The largest absolute Gasteiger partial charge is 0.465 e. The van der Waals surface area contributed by atoms with Crippen LogP contribution in [0.5, 0.6) is 0 Å². The van der Waals surface area contributed by atoms with Crippen molar-refractivity contribution in [3.05, 3.63) is 69.5 Å². The molecule has 2 aromatic carbocycles. The topological polar surface area (TPSA) is 31.2 Å². The second-order valence-corrected chi connectivity index (χ2v) is 7.50. The first-order chi connectivity index (χ1) is 11.7. The van der Waals surface area contributed by atoms with Crippen LogP contribution in [0.1, 0.15) is 15.2 Å². The summed E-state index contributed by atoms with van der Waals surface area (Å²) in [6.07, 6.45) is 0. The molecule has 0 aliphatic heterocycles. The fourth-order valence-electron chi connectivity index (χ4n) is 2.97. The molecule has 0 atom stereocenters. The van der Waals surface area contributed by atoms with E-state index in [0.717, 1.165) is 26.6 Å². The highest BCUT2D eigenvalue weighted by molar-refractivity contribution is 9.10. The average molecular weight is 400 g/mol. The van der Waals surface area contributed by atoms with Gasteiger partial charge in [-0.3, -0.25) is 0 Å². The molecule has 0 bridgehead atoms. The van der Waals surface area contributed by atoms with E-state index in [1.165, 1.54) is 29.5 Å². The van der Waals surface area contributed by atoms with E-state index < -0.39 is 0 Å². The van der Waals surface area contributed by atoms with Gasteiger partial charge >= 0.3 is 5.97 Å². The Labute approximate surface area is 151 Å². The second kappa shape index (κ2) is 6.07. The summed E-state index contributed by atoms with van der Waals surface area (Å²) in [5, 5.41) is 2.23. The first-order valence-corrected chi connectivity index (χ1v) is 9.12. The maximum atomic E-state index is 11.9. The monoisotopic (exact) mass is 399 g/mol. The number of hydrogen-bond donors (Lipinski definition) is 0. The quantitative estimate of drug-likeness (QED) is 0.428. The van der Waals surface area contributed by atoms with Crippen LogP contribution in [-0.2, 0) is 11.3 Å². The minimum absolute atomic E-state index is 0.286. The predicted octanol–water partition coefficient (Wildman–Crippen LogP) is 5.45. The van der Waals surface area contributed by atoms with Crippen LogP contribution in [0.2, 0.25) is 0 Å². The summed E-state index contributed by atoms with van der Waals surface area (Å²) >= 11 is 5.03. The molecule has 0 aliphatic carbocycles. The van der Waals surface area contributed by atoms with Crippen LogP contribution in [0.4, 0.5) is 0 Å². The number of nitrogens with zero attached hydrogens (tertiary/aromatic N) is 1. The molecule has 0 N–H and O–H groups in total. The van der Waals surface area contributed by atoms with Gasteiger partial charge in [0.1, 0.15) is 9.71 Å². The highest BCUT2D eigenvalue weighted by atomic mass is 79.9. The fraction of sp³-hybridized carbons (Fsp3) is 0.105. The number of rotatable bonds is 3. The molecular formula is C19H14BrNO2S. The third kappa shape index (κ3) is 2.54. The third-order valence-electron chi connectivity index (χ3n) is 4.07. The Hall–Kier alpha value is -2.11. The summed E-state index contributed by atoms with van der Waals surface area (Å²) in [4.78, 5) is 13.6. The van der Waals surface area contributed by atoms with Crippen molar-refractivity contribution in [2.75, 3.05) is 7.11 Å². The van der Waals surface area contributed by atoms with E-state index in [9.17, 15) is 4.79 Å². The molecular weight excluding hydrogens is 386 g/mol. The predicted molar refractivity (Wildman–Crippen MR) is 102 cm³/mol. The minimum atomic E-state index is -0.286.